The predicted octanol–water partition coefficient (Wildman–Crippen LogP) is 5.67. The molecule has 1 amide bonds. The van der Waals surface area contributed by atoms with Crippen LogP contribution >= 0.6 is 11.3 Å². The fourth-order valence-corrected chi connectivity index (χ4v) is 4.84. The Bertz CT molecular complexity index is 1340. The number of rotatable bonds is 9. The van der Waals surface area contributed by atoms with E-state index in [0.29, 0.717) is 22.0 Å². The van der Waals surface area contributed by atoms with Crippen molar-refractivity contribution in [3.63, 3.8) is 0 Å². The van der Waals surface area contributed by atoms with Crippen molar-refractivity contribution in [1.29, 1.82) is 0 Å². The summed E-state index contributed by atoms with van der Waals surface area (Å²) in [5.41, 5.74) is 0.753. The highest BCUT2D eigenvalue weighted by molar-refractivity contribution is 7.93. The number of nitrogens with zero attached hydrogens (tertiary/aromatic N) is 3. The van der Waals surface area contributed by atoms with Gasteiger partial charge in [-0.05, 0) is 63.4 Å². The number of anilines is 2. The van der Waals surface area contributed by atoms with Gasteiger partial charge in [-0.25, -0.2) is 14.0 Å². The maximum absolute atomic E-state index is 12.8. The van der Waals surface area contributed by atoms with Crippen LogP contribution in [0.1, 0.15) is 34.1 Å². The quantitative estimate of drug-likeness (QED) is 0.337. The molecule has 1 N–H and O–H groups in total. The Labute approximate surface area is 220 Å². The van der Waals surface area contributed by atoms with E-state index in [2.05, 4.69) is 19.6 Å². The molecule has 1 unspecified atom stereocenters. The van der Waals surface area contributed by atoms with E-state index in [9.17, 15) is 13.8 Å². The topological polar surface area (TPSA) is 129 Å². The highest BCUT2D eigenvalue weighted by Crippen LogP contribution is 2.32. The van der Waals surface area contributed by atoms with Crippen molar-refractivity contribution in [2.75, 3.05) is 24.8 Å². The van der Waals surface area contributed by atoms with Crippen molar-refractivity contribution in [3.05, 3.63) is 48.0 Å². The second-order valence-corrected chi connectivity index (χ2v) is 12.0. The zero-order valence-corrected chi connectivity index (χ0v) is 23.0. The smallest absolute Gasteiger partial charge is 0.442 e. The number of nitrogens with one attached hydrogen (secondary N) is 1. The van der Waals surface area contributed by atoms with E-state index in [-0.39, 0.29) is 31.6 Å². The predicted molar refractivity (Wildman–Crippen MR) is 143 cm³/mol. The van der Waals surface area contributed by atoms with E-state index in [1.165, 1.54) is 17.6 Å². The molecule has 0 saturated heterocycles. The van der Waals surface area contributed by atoms with Crippen molar-refractivity contribution in [2.45, 2.75) is 44.6 Å². The minimum absolute atomic E-state index is 0.0720. The molecule has 2 heterocycles. The Morgan fingerprint density at radius 2 is 1.89 bits per heavy atom. The standard InChI is InChI=1S/C25H30N4O6S2/c1-6-33-24(31)29-37(5,32)18-11-9-17(10-12-18)27-23-26-16-19(20-8-7-15-36-20)22(28-23)34-14-13-21(30)35-25(2,3)4/h7-12,15-16H,6,13-14H2,1-5H3,(H,26,27,28). The number of carbonyl (C=O) groups excluding carboxylic acids is 2. The Morgan fingerprint density at radius 3 is 2.51 bits per heavy atom. The molecule has 1 aromatic carbocycles. The second kappa shape index (κ2) is 12.2. The SMILES string of the molecule is CCOC(=O)N=S(C)(=O)c1ccc(Nc2ncc(-c3cccs3)c(OCCC(=O)OC(C)(C)C)n2)cc1. The number of esters is 1. The minimum atomic E-state index is -2.95. The van der Waals surface area contributed by atoms with Crippen LogP contribution in [0.4, 0.5) is 16.4 Å². The third-order valence-electron chi connectivity index (χ3n) is 4.57. The van der Waals surface area contributed by atoms with Gasteiger partial charge in [0.2, 0.25) is 11.8 Å². The summed E-state index contributed by atoms with van der Waals surface area (Å²) in [5, 5.41) is 5.02. The molecular formula is C25H30N4O6S2. The lowest BCUT2D eigenvalue weighted by Crippen LogP contribution is -2.24. The number of ether oxygens (including phenoxy) is 3. The Hall–Kier alpha value is -3.51. The maximum atomic E-state index is 12.8. The van der Waals surface area contributed by atoms with Crippen molar-refractivity contribution in [1.82, 2.24) is 9.97 Å². The second-order valence-electron chi connectivity index (χ2n) is 8.82. The zero-order chi connectivity index (χ0) is 27.1. The molecule has 0 spiro atoms. The normalized spacial score (nSPS) is 12.8. The van der Waals surface area contributed by atoms with Crippen LogP contribution in [0.25, 0.3) is 10.4 Å². The van der Waals surface area contributed by atoms with Gasteiger partial charge in [-0.3, -0.25) is 4.79 Å². The van der Waals surface area contributed by atoms with Crippen molar-refractivity contribution < 1.29 is 28.0 Å². The number of benzene rings is 1. The van der Waals surface area contributed by atoms with E-state index in [4.69, 9.17) is 14.2 Å². The molecule has 0 aliphatic heterocycles. The number of hydrogen-bond donors (Lipinski definition) is 1. The maximum Gasteiger partial charge on any atom is 0.442 e. The van der Waals surface area contributed by atoms with Crippen LogP contribution in [0.15, 0.2) is 57.2 Å². The first kappa shape index (κ1) is 28.1. The average Bonchev–Trinajstić information content (AvgIpc) is 3.33. The average molecular weight is 547 g/mol. The van der Waals surface area contributed by atoms with E-state index in [1.807, 2.05) is 38.3 Å². The van der Waals surface area contributed by atoms with E-state index >= 15 is 0 Å². The lowest BCUT2D eigenvalue weighted by molar-refractivity contribution is -0.155. The molecule has 37 heavy (non-hydrogen) atoms. The molecule has 2 aromatic heterocycles. The zero-order valence-electron chi connectivity index (χ0n) is 21.3. The van der Waals surface area contributed by atoms with Gasteiger partial charge in [-0.2, -0.15) is 4.98 Å². The molecule has 0 aliphatic rings. The summed E-state index contributed by atoms with van der Waals surface area (Å²) < 4.78 is 32.4. The highest BCUT2D eigenvalue weighted by atomic mass is 32.2. The summed E-state index contributed by atoms with van der Waals surface area (Å²) in [5.74, 6) is 0.235. The molecule has 3 rings (SSSR count). The van der Waals surface area contributed by atoms with Crippen molar-refractivity contribution >= 4 is 44.8 Å². The fourth-order valence-electron chi connectivity index (χ4n) is 3.03. The van der Waals surface area contributed by atoms with E-state index < -0.39 is 21.4 Å². The van der Waals surface area contributed by atoms with Crippen LogP contribution in [0.3, 0.4) is 0 Å². The largest absolute Gasteiger partial charge is 0.476 e. The first-order chi connectivity index (χ1) is 17.5. The summed E-state index contributed by atoms with van der Waals surface area (Å²) in [4.78, 5) is 33.9. The van der Waals surface area contributed by atoms with Crippen LogP contribution in [0.5, 0.6) is 5.88 Å². The van der Waals surface area contributed by atoms with Crippen LogP contribution in [-0.2, 0) is 24.0 Å². The van der Waals surface area contributed by atoms with Crippen molar-refractivity contribution in [2.24, 2.45) is 4.36 Å². The van der Waals surface area contributed by atoms with Gasteiger partial charge in [0.15, 0.2) is 0 Å². The number of amides is 1. The van der Waals surface area contributed by atoms with Gasteiger partial charge in [-0.1, -0.05) is 6.07 Å². The van der Waals surface area contributed by atoms with Crippen LogP contribution in [-0.4, -0.2) is 51.3 Å². The van der Waals surface area contributed by atoms with E-state index in [0.717, 1.165) is 4.88 Å². The fraction of sp³-hybridized carbons (Fsp3) is 0.360. The first-order valence-electron chi connectivity index (χ1n) is 11.5. The summed E-state index contributed by atoms with van der Waals surface area (Å²) in [6, 6.07) is 10.4. The summed E-state index contributed by atoms with van der Waals surface area (Å²) in [6.45, 7) is 7.32. The lowest BCUT2D eigenvalue weighted by atomic mass is 10.2. The molecule has 12 heteroatoms. The van der Waals surface area contributed by atoms with Crippen LogP contribution in [0, 0.1) is 0 Å². The van der Waals surface area contributed by atoms with Crippen LogP contribution in [0.2, 0.25) is 0 Å². The van der Waals surface area contributed by atoms with Gasteiger partial charge in [0, 0.05) is 27.9 Å². The van der Waals surface area contributed by atoms with Gasteiger partial charge < -0.3 is 19.5 Å². The molecule has 198 valence electrons. The molecule has 3 aromatic rings. The van der Waals surface area contributed by atoms with Gasteiger partial charge in [-0.15, -0.1) is 15.7 Å². The monoisotopic (exact) mass is 546 g/mol. The van der Waals surface area contributed by atoms with Gasteiger partial charge in [0.1, 0.15) is 12.2 Å². The molecule has 0 fully saturated rings. The van der Waals surface area contributed by atoms with Gasteiger partial charge in [0.05, 0.1) is 28.3 Å². The number of carbonyl (C=O) groups is 2. The Balaban J connectivity index is 1.76. The Morgan fingerprint density at radius 1 is 1.16 bits per heavy atom. The van der Waals surface area contributed by atoms with Gasteiger partial charge >= 0.3 is 12.1 Å². The minimum Gasteiger partial charge on any atom is -0.476 e. The molecule has 0 bridgehead atoms. The third kappa shape index (κ3) is 8.53. The summed E-state index contributed by atoms with van der Waals surface area (Å²) in [6.07, 6.45) is 2.23. The van der Waals surface area contributed by atoms with E-state index in [1.54, 1.807) is 37.4 Å². The number of thiophene rings is 1. The molecular weight excluding hydrogens is 516 g/mol. The Kier molecular flexibility index (Phi) is 9.22. The van der Waals surface area contributed by atoms with Crippen LogP contribution < -0.4 is 10.1 Å². The molecule has 0 radical (unpaired) electrons. The number of aromatic nitrogens is 2. The lowest BCUT2D eigenvalue weighted by Gasteiger charge is -2.19. The summed E-state index contributed by atoms with van der Waals surface area (Å²) in [7, 11) is -2.95. The summed E-state index contributed by atoms with van der Waals surface area (Å²) >= 11 is 1.52. The molecule has 0 aliphatic carbocycles. The third-order valence-corrected chi connectivity index (χ3v) is 7.12. The van der Waals surface area contributed by atoms with Crippen molar-refractivity contribution in [3.8, 4) is 16.3 Å². The first-order valence-corrected chi connectivity index (χ1v) is 14.3. The van der Waals surface area contributed by atoms with Gasteiger partial charge in [0.25, 0.3) is 0 Å². The molecule has 10 nitrogen and oxygen atoms in total. The molecule has 1 atom stereocenters. The molecule has 0 saturated carbocycles. The highest BCUT2D eigenvalue weighted by Gasteiger charge is 2.18. The number of hydrogen-bond acceptors (Lipinski definition) is 10.